The number of halogens is 1. The third-order valence-corrected chi connectivity index (χ3v) is 7.74. The van der Waals surface area contributed by atoms with Crippen LogP contribution in [-0.4, -0.2) is 41.8 Å². The summed E-state index contributed by atoms with van der Waals surface area (Å²) in [5.74, 6) is 0.764. The maximum Gasteiger partial charge on any atom is 0.255 e. The number of nitrogens with zero attached hydrogens (tertiary/aromatic N) is 1. The zero-order chi connectivity index (χ0) is 28.6. The molecule has 0 saturated carbocycles. The summed E-state index contributed by atoms with van der Waals surface area (Å²) in [6.07, 6.45) is 4.19. The maximum atomic E-state index is 12.7. The quantitative estimate of drug-likeness (QED) is 0.199. The molecule has 1 heterocycles. The minimum atomic E-state index is -0.405. The van der Waals surface area contributed by atoms with Crippen molar-refractivity contribution >= 4 is 28.4 Å². The monoisotopic (exact) mass is 566 g/mol. The van der Waals surface area contributed by atoms with E-state index in [9.17, 15) is 9.59 Å². The van der Waals surface area contributed by atoms with Gasteiger partial charge < -0.3 is 15.0 Å². The number of ether oxygens (including phenoxy) is 1. The molecule has 1 fully saturated rings. The number of likely N-dealkylation sites (tertiary alicyclic amines) is 1. The highest BCUT2D eigenvalue weighted by atomic mass is 35.5. The molecule has 0 aromatic heterocycles. The lowest BCUT2D eigenvalue weighted by Gasteiger charge is -2.32. The number of rotatable bonds is 10. The van der Waals surface area contributed by atoms with Crippen molar-refractivity contribution in [3.8, 4) is 16.9 Å². The average Bonchev–Trinajstić information content (AvgIpc) is 2.99. The number of piperidine rings is 1. The molecule has 41 heavy (non-hydrogen) atoms. The molecule has 1 saturated heterocycles. The number of hydrogen-bond acceptors (Lipinski definition) is 4. The number of carbonyl (C=O) groups is 2. The SMILES string of the molecule is Cc1cccc(C(=O)Nc2cccc(-c3ccc(OC4CCN(CCCc5cccc(C(=O)Cl)c5)CC4)cc3)c2)c1. The van der Waals surface area contributed by atoms with Gasteiger partial charge in [-0.3, -0.25) is 9.59 Å². The van der Waals surface area contributed by atoms with Gasteiger partial charge in [-0.15, -0.1) is 0 Å². The third kappa shape index (κ3) is 8.06. The van der Waals surface area contributed by atoms with Crippen molar-refractivity contribution in [1.82, 2.24) is 4.90 Å². The zero-order valence-electron chi connectivity index (χ0n) is 23.3. The van der Waals surface area contributed by atoms with Crippen LogP contribution in [0.15, 0.2) is 97.1 Å². The molecule has 0 unspecified atom stereocenters. The Balaban J connectivity index is 1.08. The molecule has 0 aliphatic carbocycles. The van der Waals surface area contributed by atoms with E-state index in [1.54, 1.807) is 6.07 Å². The molecule has 1 amide bonds. The van der Waals surface area contributed by atoms with E-state index in [0.29, 0.717) is 11.1 Å². The number of carbonyl (C=O) groups excluding carboxylic acids is 2. The molecule has 210 valence electrons. The van der Waals surface area contributed by atoms with Gasteiger partial charge in [-0.1, -0.05) is 60.2 Å². The zero-order valence-corrected chi connectivity index (χ0v) is 24.1. The molecular weight excluding hydrogens is 532 g/mol. The molecule has 0 bridgehead atoms. The van der Waals surface area contributed by atoms with Gasteiger partial charge in [0.1, 0.15) is 11.9 Å². The summed E-state index contributed by atoms with van der Waals surface area (Å²) in [5, 5.41) is 2.60. The second-order valence-electron chi connectivity index (χ2n) is 10.7. The Labute approximate surface area is 247 Å². The summed E-state index contributed by atoms with van der Waals surface area (Å²) in [5.41, 5.74) is 6.28. The molecule has 0 radical (unpaired) electrons. The van der Waals surface area contributed by atoms with Gasteiger partial charge in [0, 0.05) is 29.9 Å². The second-order valence-corrected chi connectivity index (χ2v) is 11.0. The van der Waals surface area contributed by atoms with Crippen LogP contribution < -0.4 is 10.1 Å². The van der Waals surface area contributed by atoms with Crippen LogP contribution in [0.5, 0.6) is 5.75 Å². The summed E-state index contributed by atoms with van der Waals surface area (Å²) >= 11 is 5.61. The van der Waals surface area contributed by atoms with Gasteiger partial charge in [0.25, 0.3) is 11.1 Å². The summed E-state index contributed by atoms with van der Waals surface area (Å²) in [6, 6.07) is 31.3. The molecule has 6 heteroatoms. The van der Waals surface area contributed by atoms with Gasteiger partial charge >= 0.3 is 0 Å². The van der Waals surface area contributed by atoms with E-state index in [2.05, 4.69) is 28.4 Å². The first-order chi connectivity index (χ1) is 19.9. The highest BCUT2D eigenvalue weighted by molar-refractivity contribution is 6.67. The maximum absolute atomic E-state index is 12.7. The van der Waals surface area contributed by atoms with Crippen LogP contribution in [0.25, 0.3) is 11.1 Å². The normalized spacial score (nSPS) is 14.0. The molecule has 1 aliphatic heterocycles. The van der Waals surface area contributed by atoms with Crippen LogP contribution in [0.2, 0.25) is 0 Å². The van der Waals surface area contributed by atoms with Crippen LogP contribution in [0.1, 0.15) is 51.1 Å². The first-order valence-electron chi connectivity index (χ1n) is 14.2. The number of benzene rings is 4. The average molecular weight is 567 g/mol. The fourth-order valence-corrected chi connectivity index (χ4v) is 5.41. The van der Waals surface area contributed by atoms with Crippen molar-refractivity contribution in [3.63, 3.8) is 0 Å². The van der Waals surface area contributed by atoms with E-state index < -0.39 is 5.24 Å². The minimum absolute atomic E-state index is 0.115. The van der Waals surface area contributed by atoms with E-state index in [1.165, 1.54) is 0 Å². The molecule has 4 aromatic carbocycles. The number of nitrogens with one attached hydrogen (secondary N) is 1. The smallest absolute Gasteiger partial charge is 0.255 e. The number of aryl methyl sites for hydroxylation is 2. The molecular formula is C35H35ClN2O3. The predicted octanol–water partition coefficient (Wildman–Crippen LogP) is 7.77. The highest BCUT2D eigenvalue weighted by Crippen LogP contribution is 2.27. The summed E-state index contributed by atoms with van der Waals surface area (Å²) < 4.78 is 6.31. The standard InChI is InChI=1S/C35H35ClN2O3/c1-25-6-2-11-30(22-25)35(40)37-31-12-4-9-28(24-31)27-13-15-32(16-14-27)41-33-17-20-38(21-18-33)19-5-8-26-7-3-10-29(23-26)34(36)39/h2-4,6-7,9-16,22-24,33H,5,8,17-21H2,1H3,(H,37,40). The Morgan fingerprint density at radius 1 is 0.854 bits per heavy atom. The summed E-state index contributed by atoms with van der Waals surface area (Å²) in [7, 11) is 0. The van der Waals surface area contributed by atoms with Crippen molar-refractivity contribution < 1.29 is 14.3 Å². The van der Waals surface area contributed by atoms with Gasteiger partial charge in [-0.25, -0.2) is 0 Å². The Morgan fingerprint density at radius 2 is 1.59 bits per heavy atom. The van der Waals surface area contributed by atoms with Crippen molar-refractivity contribution in [2.45, 2.75) is 38.7 Å². The summed E-state index contributed by atoms with van der Waals surface area (Å²) in [6.45, 7) is 5.05. The van der Waals surface area contributed by atoms with Crippen LogP contribution in [-0.2, 0) is 6.42 Å². The molecule has 1 N–H and O–H groups in total. The Bertz CT molecular complexity index is 1490. The highest BCUT2D eigenvalue weighted by Gasteiger charge is 2.20. The summed E-state index contributed by atoms with van der Waals surface area (Å²) in [4.78, 5) is 26.5. The van der Waals surface area contributed by atoms with Crippen molar-refractivity contribution in [1.29, 1.82) is 0 Å². The Morgan fingerprint density at radius 3 is 2.34 bits per heavy atom. The Kier molecular flexibility index (Phi) is 9.50. The van der Waals surface area contributed by atoms with Crippen LogP contribution >= 0.6 is 11.6 Å². The molecule has 0 spiro atoms. The number of anilines is 1. The fraction of sp³-hybridized carbons (Fsp3) is 0.257. The van der Waals surface area contributed by atoms with Crippen LogP contribution in [0.3, 0.4) is 0 Å². The Hall–Kier alpha value is -3.93. The molecule has 0 atom stereocenters. The van der Waals surface area contributed by atoms with E-state index in [0.717, 1.165) is 79.0 Å². The molecule has 4 aromatic rings. The lowest BCUT2D eigenvalue weighted by Crippen LogP contribution is -2.38. The first kappa shape index (κ1) is 28.6. The van der Waals surface area contributed by atoms with Crippen LogP contribution in [0.4, 0.5) is 5.69 Å². The minimum Gasteiger partial charge on any atom is -0.490 e. The second kappa shape index (κ2) is 13.6. The van der Waals surface area contributed by atoms with Crippen molar-refractivity contribution in [3.05, 3.63) is 119 Å². The predicted molar refractivity (Wildman–Crippen MR) is 166 cm³/mol. The third-order valence-electron chi connectivity index (χ3n) is 7.52. The van der Waals surface area contributed by atoms with Crippen molar-refractivity contribution in [2.24, 2.45) is 0 Å². The number of hydrogen-bond donors (Lipinski definition) is 1. The van der Waals surface area contributed by atoms with Gasteiger partial charge in [0.2, 0.25) is 0 Å². The lowest BCUT2D eigenvalue weighted by atomic mass is 10.0. The van der Waals surface area contributed by atoms with Crippen LogP contribution in [0, 0.1) is 6.92 Å². The molecule has 1 aliphatic rings. The first-order valence-corrected chi connectivity index (χ1v) is 14.6. The van der Waals surface area contributed by atoms with E-state index in [-0.39, 0.29) is 12.0 Å². The molecule has 5 nitrogen and oxygen atoms in total. The molecule has 5 rings (SSSR count). The lowest BCUT2D eigenvalue weighted by molar-refractivity contribution is 0.0999. The van der Waals surface area contributed by atoms with Gasteiger partial charge in [0.15, 0.2) is 0 Å². The van der Waals surface area contributed by atoms with E-state index >= 15 is 0 Å². The van der Waals surface area contributed by atoms with Crippen molar-refractivity contribution in [2.75, 3.05) is 25.0 Å². The fourth-order valence-electron chi connectivity index (χ4n) is 5.29. The van der Waals surface area contributed by atoms with Gasteiger partial charge in [0.05, 0.1) is 0 Å². The van der Waals surface area contributed by atoms with E-state index in [4.69, 9.17) is 16.3 Å². The van der Waals surface area contributed by atoms with Gasteiger partial charge in [-0.2, -0.15) is 0 Å². The van der Waals surface area contributed by atoms with E-state index in [1.807, 2.05) is 79.7 Å². The van der Waals surface area contributed by atoms with Gasteiger partial charge in [-0.05, 0) is 110 Å². The number of amides is 1. The largest absolute Gasteiger partial charge is 0.490 e. The topological polar surface area (TPSA) is 58.6 Å².